The van der Waals surface area contributed by atoms with Gasteiger partial charge >= 0.3 is 0 Å². The first-order valence-electron chi connectivity index (χ1n) is 7.51. The van der Waals surface area contributed by atoms with Crippen molar-refractivity contribution in [1.29, 1.82) is 0 Å². The third kappa shape index (κ3) is 3.43. The van der Waals surface area contributed by atoms with E-state index in [4.69, 9.17) is 5.73 Å². The lowest BCUT2D eigenvalue weighted by Crippen LogP contribution is -2.45. The molecule has 1 saturated heterocycles. The van der Waals surface area contributed by atoms with Crippen LogP contribution in [-0.4, -0.2) is 41.5 Å². The molecule has 3 rings (SSSR count). The lowest BCUT2D eigenvalue weighted by molar-refractivity contribution is -0.119. The van der Waals surface area contributed by atoms with Gasteiger partial charge in [0.15, 0.2) is 0 Å². The zero-order chi connectivity index (χ0) is 14.7. The number of amides is 1. The van der Waals surface area contributed by atoms with Crippen molar-refractivity contribution < 1.29 is 4.79 Å². The van der Waals surface area contributed by atoms with E-state index in [-0.39, 0.29) is 5.91 Å². The maximum Gasteiger partial charge on any atom is 0.231 e. The van der Waals surface area contributed by atoms with Crippen LogP contribution in [0, 0.1) is 0 Å². The highest BCUT2D eigenvalue weighted by Crippen LogP contribution is 2.18. The fourth-order valence-electron chi connectivity index (χ4n) is 3.05. The minimum absolute atomic E-state index is 0.236. The molecule has 1 aromatic carbocycles. The van der Waals surface area contributed by atoms with Gasteiger partial charge in [0.25, 0.3) is 0 Å². The first kappa shape index (κ1) is 14.1. The molecule has 0 aliphatic carbocycles. The Balaban J connectivity index is 1.51. The van der Waals surface area contributed by atoms with Crippen LogP contribution in [0.5, 0.6) is 0 Å². The topological polar surface area (TPSA) is 74.2 Å². The number of nitrogens with zero attached hydrogens (tertiary/aromatic N) is 1. The van der Waals surface area contributed by atoms with Crippen molar-refractivity contribution in [2.75, 3.05) is 19.6 Å². The van der Waals surface area contributed by atoms with Crippen LogP contribution in [0.2, 0.25) is 0 Å². The van der Waals surface area contributed by atoms with Gasteiger partial charge < -0.3 is 16.0 Å². The van der Waals surface area contributed by atoms with Crippen LogP contribution in [0.15, 0.2) is 30.5 Å². The van der Waals surface area contributed by atoms with Crippen molar-refractivity contribution in [2.24, 2.45) is 5.73 Å². The number of fused-ring (bicyclic) bond motifs is 1. The molecule has 4 N–H and O–H groups in total. The van der Waals surface area contributed by atoms with Crippen LogP contribution in [0.25, 0.3) is 10.9 Å². The number of primary amides is 1. The van der Waals surface area contributed by atoms with Crippen LogP contribution >= 0.6 is 0 Å². The summed E-state index contributed by atoms with van der Waals surface area (Å²) in [6.07, 6.45) is 4.21. The molecule has 112 valence electrons. The summed E-state index contributed by atoms with van der Waals surface area (Å²) < 4.78 is 0. The van der Waals surface area contributed by atoms with Gasteiger partial charge in [-0.1, -0.05) is 18.2 Å². The first-order valence-corrected chi connectivity index (χ1v) is 7.51. The maximum atomic E-state index is 10.9. The normalized spacial score (nSPS) is 17.3. The summed E-state index contributed by atoms with van der Waals surface area (Å²) >= 11 is 0. The van der Waals surface area contributed by atoms with Crippen LogP contribution in [-0.2, 0) is 11.3 Å². The monoisotopic (exact) mass is 286 g/mol. The Morgan fingerprint density at radius 1 is 1.33 bits per heavy atom. The average Bonchev–Trinajstić information content (AvgIpc) is 2.89. The van der Waals surface area contributed by atoms with Crippen LogP contribution in [0.4, 0.5) is 0 Å². The zero-order valence-corrected chi connectivity index (χ0v) is 12.1. The molecule has 21 heavy (non-hydrogen) atoms. The molecular weight excluding hydrogens is 264 g/mol. The lowest BCUT2D eigenvalue weighted by Gasteiger charge is -2.31. The predicted molar refractivity (Wildman–Crippen MR) is 83.8 cm³/mol. The highest BCUT2D eigenvalue weighted by molar-refractivity contribution is 5.82. The molecule has 0 atom stereocenters. The minimum Gasteiger partial charge on any atom is -0.369 e. The van der Waals surface area contributed by atoms with E-state index in [9.17, 15) is 4.79 Å². The molecule has 0 radical (unpaired) electrons. The third-order valence-corrected chi connectivity index (χ3v) is 4.22. The van der Waals surface area contributed by atoms with Crippen LogP contribution in [0.3, 0.4) is 0 Å². The molecule has 0 unspecified atom stereocenters. The largest absolute Gasteiger partial charge is 0.369 e. The highest BCUT2D eigenvalue weighted by atomic mass is 16.1. The average molecular weight is 286 g/mol. The van der Waals surface area contributed by atoms with Gasteiger partial charge in [0.2, 0.25) is 5.91 Å². The Bertz CT molecular complexity index is 614. The molecule has 0 spiro atoms. The Morgan fingerprint density at radius 3 is 2.86 bits per heavy atom. The van der Waals surface area contributed by atoms with Gasteiger partial charge in [-0.2, -0.15) is 0 Å². The van der Waals surface area contributed by atoms with Crippen molar-refractivity contribution in [1.82, 2.24) is 15.2 Å². The summed E-state index contributed by atoms with van der Waals surface area (Å²) in [4.78, 5) is 16.4. The Kier molecular flexibility index (Phi) is 4.22. The fraction of sp³-hybridized carbons (Fsp3) is 0.438. The second-order valence-corrected chi connectivity index (χ2v) is 5.76. The Hall–Kier alpha value is -1.85. The molecule has 5 nitrogen and oxygen atoms in total. The number of carbonyl (C=O) groups is 1. The Morgan fingerprint density at radius 2 is 2.10 bits per heavy atom. The second-order valence-electron chi connectivity index (χ2n) is 5.76. The SMILES string of the molecule is NC(=O)CN1CCC(NCc2c[nH]c3ccccc23)CC1. The van der Waals surface area contributed by atoms with E-state index in [1.165, 1.54) is 16.5 Å². The molecule has 0 bridgehead atoms. The number of nitrogens with one attached hydrogen (secondary N) is 2. The van der Waals surface area contributed by atoms with Crippen LogP contribution < -0.4 is 11.1 Å². The fourth-order valence-corrected chi connectivity index (χ4v) is 3.05. The molecular formula is C16H22N4O. The smallest absolute Gasteiger partial charge is 0.231 e. The number of aromatic nitrogens is 1. The number of hydrogen-bond donors (Lipinski definition) is 3. The van der Waals surface area contributed by atoms with Crippen molar-refractivity contribution in [3.8, 4) is 0 Å². The van der Waals surface area contributed by atoms with E-state index in [0.29, 0.717) is 12.6 Å². The molecule has 2 heterocycles. The van der Waals surface area contributed by atoms with E-state index in [0.717, 1.165) is 32.5 Å². The van der Waals surface area contributed by atoms with Crippen molar-refractivity contribution >= 4 is 16.8 Å². The standard InChI is InChI=1S/C16H22N4O/c17-16(21)11-20-7-5-13(6-8-20)18-9-12-10-19-15-4-2-1-3-14(12)15/h1-4,10,13,18-19H,5-9,11H2,(H2,17,21). The molecule has 0 saturated carbocycles. The van der Waals surface area contributed by atoms with Crippen LogP contribution in [0.1, 0.15) is 18.4 Å². The van der Waals surface area contributed by atoms with Gasteiger partial charge in [0.1, 0.15) is 0 Å². The first-order chi connectivity index (χ1) is 10.2. The predicted octanol–water partition coefficient (Wildman–Crippen LogP) is 1.21. The molecule has 1 fully saturated rings. The van der Waals surface area contributed by atoms with Gasteiger partial charge in [-0.05, 0) is 24.5 Å². The van der Waals surface area contributed by atoms with Gasteiger partial charge in [-0.25, -0.2) is 0 Å². The van der Waals surface area contributed by atoms with E-state index >= 15 is 0 Å². The summed E-state index contributed by atoms with van der Waals surface area (Å²) in [5.74, 6) is -0.236. The number of H-pyrrole nitrogens is 1. The number of benzene rings is 1. The molecule has 1 amide bonds. The van der Waals surface area contributed by atoms with Gasteiger partial charge in [-0.15, -0.1) is 0 Å². The quantitative estimate of drug-likeness (QED) is 0.773. The molecule has 1 aromatic heterocycles. The Labute approximate surface area is 124 Å². The lowest BCUT2D eigenvalue weighted by atomic mass is 10.0. The summed E-state index contributed by atoms with van der Waals surface area (Å²) in [7, 11) is 0. The summed E-state index contributed by atoms with van der Waals surface area (Å²) in [6, 6.07) is 8.88. The van der Waals surface area contributed by atoms with Crippen molar-refractivity contribution in [3.63, 3.8) is 0 Å². The molecule has 1 aliphatic heterocycles. The van der Waals surface area contributed by atoms with Gasteiger partial charge in [0, 0.05) is 42.8 Å². The summed E-state index contributed by atoms with van der Waals surface area (Å²) in [5.41, 5.74) is 7.73. The van der Waals surface area contributed by atoms with E-state index in [1.807, 2.05) is 6.07 Å². The highest BCUT2D eigenvalue weighted by Gasteiger charge is 2.19. The number of para-hydroxylation sites is 1. The molecule has 5 heteroatoms. The summed E-state index contributed by atoms with van der Waals surface area (Å²) in [6.45, 7) is 3.14. The number of hydrogen-bond acceptors (Lipinski definition) is 3. The molecule has 2 aromatic rings. The number of aromatic amines is 1. The number of rotatable bonds is 5. The van der Waals surface area contributed by atoms with E-state index < -0.39 is 0 Å². The van der Waals surface area contributed by atoms with Crippen molar-refractivity contribution in [2.45, 2.75) is 25.4 Å². The van der Waals surface area contributed by atoms with E-state index in [1.54, 1.807) is 0 Å². The van der Waals surface area contributed by atoms with Gasteiger partial charge in [0.05, 0.1) is 6.54 Å². The number of likely N-dealkylation sites (tertiary alicyclic amines) is 1. The summed E-state index contributed by atoms with van der Waals surface area (Å²) in [5, 5.41) is 4.92. The zero-order valence-electron chi connectivity index (χ0n) is 12.1. The van der Waals surface area contributed by atoms with Crippen molar-refractivity contribution in [3.05, 3.63) is 36.0 Å². The number of nitrogens with two attached hydrogens (primary N) is 1. The molecule has 1 aliphatic rings. The number of carbonyl (C=O) groups excluding carboxylic acids is 1. The third-order valence-electron chi connectivity index (χ3n) is 4.22. The minimum atomic E-state index is -0.236. The van der Waals surface area contributed by atoms with E-state index in [2.05, 4.69) is 39.6 Å². The number of piperidine rings is 1. The second kappa shape index (κ2) is 6.28. The maximum absolute atomic E-state index is 10.9. The van der Waals surface area contributed by atoms with Gasteiger partial charge in [-0.3, -0.25) is 9.69 Å².